The number of imidazole rings is 1. The summed E-state index contributed by atoms with van der Waals surface area (Å²) in [6, 6.07) is -0.498. The van der Waals surface area contributed by atoms with E-state index in [4.69, 9.17) is 5.73 Å². The van der Waals surface area contributed by atoms with Crippen LogP contribution in [0.3, 0.4) is 0 Å². The predicted octanol–water partition coefficient (Wildman–Crippen LogP) is -0.784. The zero-order valence-electron chi connectivity index (χ0n) is 10.8. The summed E-state index contributed by atoms with van der Waals surface area (Å²) in [5.41, 5.74) is 6.67. The summed E-state index contributed by atoms with van der Waals surface area (Å²) in [5, 5.41) is 30.1. The molecule has 0 aliphatic heterocycles. The number of nitrogens with zero attached hydrogens (tertiary/aromatic N) is 4. The molecule has 0 aromatic carbocycles. The summed E-state index contributed by atoms with van der Waals surface area (Å²) in [7, 11) is 0. The molecule has 108 valence electrons. The lowest BCUT2D eigenvalue weighted by Gasteiger charge is -2.25. The van der Waals surface area contributed by atoms with Crippen molar-refractivity contribution in [2.24, 2.45) is 0 Å². The lowest BCUT2D eigenvalue weighted by Crippen LogP contribution is -2.34. The molecule has 1 fully saturated rings. The molecule has 4 atom stereocenters. The minimum absolute atomic E-state index is 0.262. The zero-order chi connectivity index (χ0) is 14.3. The van der Waals surface area contributed by atoms with Crippen LogP contribution in [0.1, 0.15) is 25.3 Å². The summed E-state index contributed by atoms with van der Waals surface area (Å²) in [4.78, 5) is 12.1. The average molecular weight is 279 g/mol. The molecule has 5 N–H and O–H groups in total. The number of rotatable bonds is 1. The van der Waals surface area contributed by atoms with E-state index in [1.54, 1.807) is 4.57 Å². The van der Waals surface area contributed by atoms with E-state index in [-0.39, 0.29) is 5.82 Å². The van der Waals surface area contributed by atoms with Crippen molar-refractivity contribution in [3.8, 4) is 0 Å². The molecule has 3 rings (SSSR count). The number of anilines is 1. The lowest BCUT2D eigenvalue weighted by molar-refractivity contribution is -0.0110. The summed E-state index contributed by atoms with van der Waals surface area (Å²) in [5.74, 6) is 0.262. The molecule has 0 radical (unpaired) electrons. The standard InChI is InChI=1S/C12H17N5O3/c13-11-9-12(15-4-14-11)17(5-16-9)7-3-6(18)1-2-8(19)10(7)20/h4-8,10,18-20H,1-3H2,(H2,13,14,15)/t6-,7-,8-,10-/m1/s1. The molecule has 8 nitrogen and oxygen atoms in total. The molecule has 0 saturated heterocycles. The molecule has 0 amide bonds. The van der Waals surface area contributed by atoms with Gasteiger partial charge in [-0.25, -0.2) is 15.0 Å². The van der Waals surface area contributed by atoms with Gasteiger partial charge in [0.15, 0.2) is 11.5 Å². The maximum Gasteiger partial charge on any atom is 0.165 e. The van der Waals surface area contributed by atoms with Gasteiger partial charge in [0.05, 0.1) is 24.6 Å². The quantitative estimate of drug-likeness (QED) is 0.503. The van der Waals surface area contributed by atoms with Gasteiger partial charge in [-0.15, -0.1) is 0 Å². The zero-order valence-corrected chi connectivity index (χ0v) is 10.8. The number of fused-ring (bicyclic) bond motifs is 1. The molecule has 0 spiro atoms. The summed E-state index contributed by atoms with van der Waals surface area (Å²) < 4.78 is 1.65. The Bertz CT molecular complexity index is 616. The van der Waals surface area contributed by atoms with Gasteiger partial charge in [-0.3, -0.25) is 0 Å². The fourth-order valence-electron chi connectivity index (χ4n) is 2.72. The van der Waals surface area contributed by atoms with Crippen molar-refractivity contribution in [3.63, 3.8) is 0 Å². The van der Waals surface area contributed by atoms with E-state index in [9.17, 15) is 15.3 Å². The Labute approximate surface area is 114 Å². The van der Waals surface area contributed by atoms with E-state index < -0.39 is 24.4 Å². The molecule has 1 aliphatic carbocycles. The van der Waals surface area contributed by atoms with Gasteiger partial charge in [0.1, 0.15) is 17.9 Å². The van der Waals surface area contributed by atoms with Crippen molar-refractivity contribution in [2.45, 2.75) is 43.6 Å². The van der Waals surface area contributed by atoms with Crippen LogP contribution >= 0.6 is 0 Å². The topological polar surface area (TPSA) is 130 Å². The molecule has 0 unspecified atom stereocenters. The molecule has 1 aliphatic rings. The Kier molecular flexibility index (Phi) is 3.28. The van der Waals surface area contributed by atoms with Crippen LogP contribution in [0.4, 0.5) is 5.82 Å². The Balaban J connectivity index is 2.06. The van der Waals surface area contributed by atoms with Gasteiger partial charge in [-0.05, 0) is 19.3 Å². The number of nitrogen functional groups attached to an aromatic ring is 1. The van der Waals surface area contributed by atoms with Crippen LogP contribution in [0.5, 0.6) is 0 Å². The summed E-state index contributed by atoms with van der Waals surface area (Å²) in [6.07, 6.45) is 1.53. The molecule has 8 heteroatoms. The SMILES string of the molecule is Nc1ncnc2c1ncn2[C@@H]1C[C@H](O)CC[C@@H](O)[C@@H]1O. The Hall–Kier alpha value is -1.77. The lowest BCUT2D eigenvalue weighted by atomic mass is 10.0. The van der Waals surface area contributed by atoms with Crippen LogP contribution in [-0.2, 0) is 0 Å². The number of nitrogens with two attached hydrogens (primary N) is 1. The number of aromatic nitrogens is 4. The monoisotopic (exact) mass is 279 g/mol. The van der Waals surface area contributed by atoms with Crippen LogP contribution < -0.4 is 5.73 Å². The molecular weight excluding hydrogens is 262 g/mol. The van der Waals surface area contributed by atoms with Gasteiger partial charge < -0.3 is 25.6 Å². The van der Waals surface area contributed by atoms with Crippen molar-refractivity contribution < 1.29 is 15.3 Å². The maximum atomic E-state index is 10.3. The number of aliphatic hydroxyl groups is 3. The van der Waals surface area contributed by atoms with E-state index in [0.29, 0.717) is 30.4 Å². The van der Waals surface area contributed by atoms with Gasteiger partial charge in [0.2, 0.25) is 0 Å². The molecule has 2 aromatic rings. The predicted molar refractivity (Wildman–Crippen MR) is 70.6 cm³/mol. The minimum Gasteiger partial charge on any atom is -0.393 e. The van der Waals surface area contributed by atoms with Crippen molar-refractivity contribution in [1.29, 1.82) is 0 Å². The second-order valence-corrected chi connectivity index (χ2v) is 5.18. The first-order valence-electron chi connectivity index (χ1n) is 6.55. The van der Waals surface area contributed by atoms with Crippen molar-refractivity contribution in [2.75, 3.05) is 5.73 Å². The second kappa shape index (κ2) is 4.97. The second-order valence-electron chi connectivity index (χ2n) is 5.18. The fraction of sp³-hybridized carbons (Fsp3) is 0.583. The van der Waals surface area contributed by atoms with Crippen LogP contribution in [-0.4, -0.2) is 53.2 Å². The van der Waals surface area contributed by atoms with Gasteiger partial charge in [0.25, 0.3) is 0 Å². The smallest absolute Gasteiger partial charge is 0.165 e. The van der Waals surface area contributed by atoms with E-state index in [1.807, 2.05) is 0 Å². The fourth-order valence-corrected chi connectivity index (χ4v) is 2.72. The third kappa shape index (κ3) is 2.11. The highest BCUT2D eigenvalue weighted by Crippen LogP contribution is 2.30. The van der Waals surface area contributed by atoms with Gasteiger partial charge >= 0.3 is 0 Å². The van der Waals surface area contributed by atoms with E-state index in [2.05, 4.69) is 15.0 Å². The van der Waals surface area contributed by atoms with Crippen molar-refractivity contribution in [3.05, 3.63) is 12.7 Å². The van der Waals surface area contributed by atoms with E-state index in [1.165, 1.54) is 12.7 Å². The Morgan fingerprint density at radius 2 is 1.95 bits per heavy atom. The van der Waals surface area contributed by atoms with Crippen LogP contribution in [0.25, 0.3) is 11.2 Å². The first kappa shape index (κ1) is 13.2. The van der Waals surface area contributed by atoms with Crippen molar-refractivity contribution >= 4 is 17.0 Å². The molecular formula is C12H17N5O3. The highest BCUT2D eigenvalue weighted by Gasteiger charge is 2.34. The van der Waals surface area contributed by atoms with Crippen LogP contribution in [0.15, 0.2) is 12.7 Å². The first-order chi connectivity index (χ1) is 9.58. The van der Waals surface area contributed by atoms with Crippen LogP contribution in [0.2, 0.25) is 0 Å². The molecule has 1 saturated carbocycles. The van der Waals surface area contributed by atoms with Crippen LogP contribution in [0, 0.1) is 0 Å². The normalized spacial score (nSPS) is 31.4. The third-order valence-corrected chi connectivity index (χ3v) is 3.84. The molecule has 2 heterocycles. The highest BCUT2D eigenvalue weighted by atomic mass is 16.3. The number of hydrogen-bond donors (Lipinski definition) is 4. The van der Waals surface area contributed by atoms with Gasteiger partial charge in [-0.2, -0.15) is 0 Å². The van der Waals surface area contributed by atoms with E-state index in [0.717, 1.165) is 0 Å². The Morgan fingerprint density at radius 1 is 1.15 bits per heavy atom. The van der Waals surface area contributed by atoms with Gasteiger partial charge in [-0.1, -0.05) is 0 Å². The molecule has 0 bridgehead atoms. The van der Waals surface area contributed by atoms with Crippen molar-refractivity contribution in [1.82, 2.24) is 19.5 Å². The molecule has 20 heavy (non-hydrogen) atoms. The maximum absolute atomic E-state index is 10.3. The third-order valence-electron chi connectivity index (χ3n) is 3.84. The number of aliphatic hydroxyl groups excluding tert-OH is 3. The molecule has 2 aromatic heterocycles. The summed E-state index contributed by atoms with van der Waals surface area (Å²) >= 11 is 0. The first-order valence-corrected chi connectivity index (χ1v) is 6.55. The Morgan fingerprint density at radius 3 is 2.75 bits per heavy atom. The number of hydrogen-bond acceptors (Lipinski definition) is 7. The van der Waals surface area contributed by atoms with Gasteiger partial charge in [0, 0.05) is 0 Å². The average Bonchev–Trinajstić information content (AvgIpc) is 2.81. The highest BCUT2D eigenvalue weighted by molar-refractivity contribution is 5.81. The largest absolute Gasteiger partial charge is 0.393 e. The minimum atomic E-state index is -0.985. The summed E-state index contributed by atoms with van der Waals surface area (Å²) in [6.45, 7) is 0. The van der Waals surface area contributed by atoms with E-state index >= 15 is 0 Å².